The van der Waals surface area contributed by atoms with Crippen LogP contribution in [0.15, 0.2) is 17.8 Å². The van der Waals surface area contributed by atoms with E-state index in [4.69, 9.17) is 17.0 Å². The average molecular weight is 486 g/mol. The highest BCUT2D eigenvalue weighted by Gasteiger charge is 2.21. The van der Waals surface area contributed by atoms with Gasteiger partial charge in [0.15, 0.2) is 5.11 Å². The van der Waals surface area contributed by atoms with Gasteiger partial charge < -0.3 is 10.1 Å². The second-order valence-electron chi connectivity index (χ2n) is 3.48. The number of amides is 1. The van der Waals surface area contributed by atoms with Crippen molar-refractivity contribution in [3.8, 4) is 5.75 Å². The van der Waals surface area contributed by atoms with Crippen molar-refractivity contribution in [2.45, 2.75) is 0 Å². The molecule has 4 nitrogen and oxygen atoms in total. The molecule has 1 aliphatic heterocycles. The van der Waals surface area contributed by atoms with Gasteiger partial charge in [-0.05, 0) is 75.6 Å². The Morgan fingerprint density at radius 1 is 1.33 bits per heavy atom. The van der Waals surface area contributed by atoms with Gasteiger partial charge in [0.2, 0.25) is 0 Å². The van der Waals surface area contributed by atoms with Crippen LogP contribution < -0.4 is 15.4 Å². The van der Waals surface area contributed by atoms with Crippen LogP contribution in [0.1, 0.15) is 5.56 Å². The number of hydrogen-bond acceptors (Lipinski definition) is 3. The highest BCUT2D eigenvalue weighted by molar-refractivity contribution is 14.1. The summed E-state index contributed by atoms with van der Waals surface area (Å²) in [5.74, 6) is 0.520. The number of carbonyl (C=O) groups is 1. The lowest BCUT2D eigenvalue weighted by atomic mass is 10.1. The first-order chi connectivity index (χ1) is 8.51. The van der Waals surface area contributed by atoms with Crippen LogP contribution in [0.3, 0.4) is 0 Å². The minimum absolute atomic E-state index is 0.226. The van der Waals surface area contributed by atoms with Crippen LogP contribution in [-0.2, 0) is 4.79 Å². The third-order valence-corrected chi connectivity index (χ3v) is 3.89. The second kappa shape index (κ2) is 5.70. The van der Waals surface area contributed by atoms with Crippen LogP contribution in [0.4, 0.5) is 0 Å². The van der Waals surface area contributed by atoms with Crippen molar-refractivity contribution in [2.75, 3.05) is 7.11 Å². The van der Waals surface area contributed by atoms with Gasteiger partial charge in [-0.2, -0.15) is 0 Å². The third-order valence-electron chi connectivity index (χ3n) is 2.26. The summed E-state index contributed by atoms with van der Waals surface area (Å²) in [4.78, 5) is 11.6. The van der Waals surface area contributed by atoms with Crippen molar-refractivity contribution in [1.82, 2.24) is 10.6 Å². The first kappa shape index (κ1) is 14.0. The molecule has 0 aromatic heterocycles. The van der Waals surface area contributed by atoms with E-state index in [1.807, 2.05) is 12.1 Å². The summed E-state index contributed by atoms with van der Waals surface area (Å²) in [7, 11) is 1.61. The Balaban J connectivity index is 2.48. The predicted molar refractivity (Wildman–Crippen MR) is 90.3 cm³/mol. The van der Waals surface area contributed by atoms with E-state index in [9.17, 15) is 4.79 Å². The van der Waals surface area contributed by atoms with Gasteiger partial charge in [0.25, 0.3) is 5.91 Å². The van der Waals surface area contributed by atoms with Crippen molar-refractivity contribution in [3.05, 3.63) is 30.5 Å². The smallest absolute Gasteiger partial charge is 0.273 e. The Bertz CT molecular complexity index is 572. The van der Waals surface area contributed by atoms with Crippen molar-refractivity contribution >= 4 is 74.5 Å². The highest BCUT2D eigenvalue weighted by atomic mass is 127. The van der Waals surface area contributed by atoms with Crippen LogP contribution in [-0.4, -0.2) is 18.1 Å². The molecule has 0 radical (unpaired) electrons. The van der Waals surface area contributed by atoms with Gasteiger partial charge in [0.05, 0.1) is 10.7 Å². The van der Waals surface area contributed by atoms with Crippen molar-refractivity contribution in [1.29, 1.82) is 0 Å². The summed E-state index contributed by atoms with van der Waals surface area (Å²) in [6, 6.07) is 3.96. The molecule has 18 heavy (non-hydrogen) atoms. The first-order valence-electron chi connectivity index (χ1n) is 4.88. The largest absolute Gasteiger partial charge is 0.495 e. The molecule has 1 heterocycles. The zero-order valence-electron chi connectivity index (χ0n) is 9.21. The van der Waals surface area contributed by atoms with Gasteiger partial charge >= 0.3 is 0 Å². The molecule has 1 fully saturated rings. The fourth-order valence-corrected chi connectivity index (χ4v) is 3.85. The number of hydrogen-bond donors (Lipinski definition) is 2. The maximum atomic E-state index is 11.6. The van der Waals surface area contributed by atoms with Crippen molar-refractivity contribution < 1.29 is 9.53 Å². The van der Waals surface area contributed by atoms with E-state index in [1.54, 1.807) is 13.2 Å². The molecular formula is C11H8I2N2O2S. The molecule has 0 saturated carbocycles. The van der Waals surface area contributed by atoms with E-state index < -0.39 is 0 Å². The maximum absolute atomic E-state index is 11.6. The fraction of sp³-hybridized carbons (Fsp3) is 0.0909. The molecule has 0 atom stereocenters. The van der Waals surface area contributed by atoms with E-state index in [-0.39, 0.29) is 5.91 Å². The summed E-state index contributed by atoms with van der Waals surface area (Å²) in [5, 5.41) is 5.66. The molecule has 1 saturated heterocycles. The Morgan fingerprint density at radius 3 is 2.61 bits per heavy atom. The lowest BCUT2D eigenvalue weighted by molar-refractivity contribution is -0.115. The number of rotatable bonds is 2. The quantitative estimate of drug-likeness (QED) is 0.383. The Kier molecular flexibility index (Phi) is 4.43. The number of methoxy groups -OCH3 is 1. The summed E-state index contributed by atoms with van der Waals surface area (Å²) in [6.07, 6.45) is 1.73. The minimum atomic E-state index is -0.226. The van der Waals surface area contributed by atoms with Gasteiger partial charge in [-0.25, -0.2) is 0 Å². The molecule has 1 aromatic rings. The van der Waals surface area contributed by atoms with E-state index in [0.29, 0.717) is 10.8 Å². The summed E-state index contributed by atoms with van der Waals surface area (Å²) < 4.78 is 7.43. The number of thiocarbonyl (C=S) groups is 1. The van der Waals surface area contributed by atoms with E-state index >= 15 is 0 Å². The molecule has 1 amide bonds. The van der Waals surface area contributed by atoms with Gasteiger partial charge in [-0.15, -0.1) is 0 Å². The monoisotopic (exact) mass is 486 g/mol. The lowest BCUT2D eigenvalue weighted by Gasteiger charge is -2.08. The molecule has 2 N–H and O–H groups in total. The molecule has 0 spiro atoms. The number of ether oxygens (including phenoxy) is 1. The first-order valence-corrected chi connectivity index (χ1v) is 7.45. The van der Waals surface area contributed by atoms with Gasteiger partial charge in [-0.1, -0.05) is 0 Å². The van der Waals surface area contributed by atoms with E-state index in [2.05, 4.69) is 55.8 Å². The number of benzene rings is 1. The van der Waals surface area contributed by atoms with Crippen molar-refractivity contribution in [2.24, 2.45) is 0 Å². The standard InChI is InChI=1S/C11H8I2N2O2S/c1-17-9-5(2-6(12)4-7(9)13)3-8-10(16)15-11(18)14-8/h2-4H,1H3,(H2,14,15,16,18)/b8-3+. The minimum Gasteiger partial charge on any atom is -0.495 e. The SMILES string of the molecule is COc1c(I)cc(I)cc1/C=C1/NC(=S)NC1=O. The molecule has 1 aliphatic rings. The van der Waals surface area contributed by atoms with Crippen LogP contribution >= 0.6 is 57.4 Å². The lowest BCUT2D eigenvalue weighted by Crippen LogP contribution is -2.21. The Morgan fingerprint density at radius 2 is 2.06 bits per heavy atom. The topological polar surface area (TPSA) is 50.4 Å². The van der Waals surface area contributed by atoms with Crippen LogP contribution in [0, 0.1) is 7.14 Å². The highest BCUT2D eigenvalue weighted by Crippen LogP contribution is 2.29. The zero-order valence-corrected chi connectivity index (χ0v) is 14.3. The molecule has 1 aromatic carbocycles. The van der Waals surface area contributed by atoms with Crippen LogP contribution in [0.2, 0.25) is 0 Å². The summed E-state index contributed by atoms with van der Waals surface area (Å²) in [6.45, 7) is 0. The predicted octanol–water partition coefficient (Wildman–Crippen LogP) is 2.25. The second-order valence-corrected chi connectivity index (χ2v) is 6.29. The molecule has 94 valence electrons. The molecule has 7 heteroatoms. The number of nitrogens with one attached hydrogen (secondary N) is 2. The number of halogens is 2. The van der Waals surface area contributed by atoms with Crippen LogP contribution in [0.5, 0.6) is 5.75 Å². The molecular weight excluding hydrogens is 478 g/mol. The summed E-state index contributed by atoms with van der Waals surface area (Å²) >= 11 is 9.31. The molecule has 0 aliphatic carbocycles. The van der Waals surface area contributed by atoms with Crippen LogP contribution in [0.25, 0.3) is 6.08 Å². The van der Waals surface area contributed by atoms with Crippen molar-refractivity contribution in [3.63, 3.8) is 0 Å². The normalized spacial score (nSPS) is 16.7. The third kappa shape index (κ3) is 2.94. The van der Waals surface area contributed by atoms with E-state index in [1.165, 1.54) is 0 Å². The molecule has 2 rings (SSSR count). The molecule has 0 bridgehead atoms. The summed E-state index contributed by atoms with van der Waals surface area (Å²) in [5.41, 5.74) is 1.27. The van der Waals surface area contributed by atoms with Gasteiger partial charge in [-0.3, -0.25) is 10.1 Å². The zero-order chi connectivity index (χ0) is 13.3. The van der Waals surface area contributed by atoms with E-state index in [0.717, 1.165) is 18.5 Å². The fourth-order valence-electron chi connectivity index (χ4n) is 1.54. The molecule has 0 unspecified atom stereocenters. The number of carbonyl (C=O) groups excluding carboxylic acids is 1. The maximum Gasteiger partial charge on any atom is 0.273 e. The van der Waals surface area contributed by atoms with Gasteiger partial charge in [0.1, 0.15) is 11.4 Å². The van der Waals surface area contributed by atoms with Gasteiger partial charge in [0, 0.05) is 9.13 Å². The average Bonchev–Trinajstić information content (AvgIpc) is 2.57. The Labute approximate surface area is 137 Å². The Hall–Kier alpha value is -0.420.